The van der Waals surface area contributed by atoms with Gasteiger partial charge >= 0.3 is 0 Å². The monoisotopic (exact) mass is 294 g/mol. The molecule has 1 aromatic heterocycles. The third-order valence-electron chi connectivity index (χ3n) is 3.01. The Balaban J connectivity index is 2.59. The molecule has 2 rings (SSSR count). The van der Waals surface area contributed by atoms with Crippen LogP contribution in [0.3, 0.4) is 0 Å². The first-order valence-electron chi connectivity index (χ1n) is 5.88. The first-order valence-corrected chi connectivity index (χ1v) is 7.83. The fraction of sp³-hybridized carbons (Fsp3) is 0.231. The average molecular weight is 294 g/mol. The van der Waals surface area contributed by atoms with Crippen LogP contribution < -0.4 is 5.56 Å². The van der Waals surface area contributed by atoms with E-state index in [0.717, 1.165) is 6.26 Å². The van der Waals surface area contributed by atoms with Crippen LogP contribution in [0.1, 0.15) is 18.0 Å². The van der Waals surface area contributed by atoms with Crippen molar-refractivity contribution >= 4 is 9.84 Å². The number of nitrogens with one attached hydrogen (secondary N) is 1. The average Bonchev–Trinajstić information content (AvgIpc) is 2.37. The van der Waals surface area contributed by atoms with E-state index in [1.807, 2.05) is 0 Å². The summed E-state index contributed by atoms with van der Waals surface area (Å²) in [5, 5.41) is 8.92. The molecule has 0 saturated carbocycles. The van der Waals surface area contributed by atoms with E-state index in [1.54, 1.807) is 30.3 Å². The molecule has 0 bridgehead atoms. The first-order chi connectivity index (χ1) is 9.30. The summed E-state index contributed by atoms with van der Waals surface area (Å²) < 4.78 is 22.9. The van der Waals surface area contributed by atoms with Crippen molar-refractivity contribution in [2.75, 3.05) is 6.26 Å². The summed E-state index contributed by atoms with van der Waals surface area (Å²) in [4.78, 5) is 18.3. The number of H-pyrrole nitrogens is 1. The number of nitrogens with zero attached hydrogens (tertiary/aromatic N) is 1. The Labute approximate surface area is 116 Å². The molecule has 0 aliphatic carbocycles. The molecule has 0 aliphatic rings. The Kier molecular flexibility index (Phi) is 3.63. The van der Waals surface area contributed by atoms with Crippen LogP contribution in [0.15, 0.2) is 35.1 Å². The quantitative estimate of drug-likeness (QED) is 0.887. The smallest absolute Gasteiger partial charge is 0.262 e. The van der Waals surface area contributed by atoms with Crippen LogP contribution in [-0.2, 0) is 9.84 Å². The van der Waals surface area contributed by atoms with Crippen molar-refractivity contribution in [3.8, 4) is 17.0 Å². The number of aromatic nitrogens is 2. The lowest BCUT2D eigenvalue weighted by molar-refractivity contribution is 0.449. The predicted octanol–water partition coefficient (Wildman–Crippen LogP) is 1.25. The van der Waals surface area contributed by atoms with Gasteiger partial charge in [0.2, 0.25) is 5.88 Å². The minimum absolute atomic E-state index is 0.0232. The van der Waals surface area contributed by atoms with Gasteiger partial charge in [0.25, 0.3) is 5.56 Å². The Bertz CT molecular complexity index is 782. The maximum absolute atomic E-state index is 12.0. The molecule has 1 heterocycles. The van der Waals surface area contributed by atoms with Gasteiger partial charge in [-0.05, 0) is 12.5 Å². The molecule has 1 aromatic carbocycles. The largest absolute Gasteiger partial charge is 0.493 e. The van der Waals surface area contributed by atoms with Crippen LogP contribution in [0.5, 0.6) is 5.88 Å². The number of rotatable bonds is 3. The maximum atomic E-state index is 12.0. The molecule has 0 fully saturated rings. The van der Waals surface area contributed by atoms with Gasteiger partial charge in [-0.1, -0.05) is 30.3 Å². The van der Waals surface area contributed by atoms with E-state index in [1.165, 1.54) is 6.92 Å². The van der Waals surface area contributed by atoms with E-state index in [9.17, 15) is 18.3 Å². The van der Waals surface area contributed by atoms with Crippen molar-refractivity contribution in [1.82, 2.24) is 9.97 Å². The molecule has 2 N–H and O–H groups in total. The zero-order valence-corrected chi connectivity index (χ0v) is 11.8. The Morgan fingerprint density at radius 2 is 1.85 bits per heavy atom. The molecule has 0 amide bonds. The van der Waals surface area contributed by atoms with Crippen LogP contribution >= 0.6 is 0 Å². The van der Waals surface area contributed by atoms with Crippen LogP contribution in [-0.4, -0.2) is 29.7 Å². The summed E-state index contributed by atoms with van der Waals surface area (Å²) in [6.07, 6.45) is 1.04. The zero-order chi connectivity index (χ0) is 14.9. The van der Waals surface area contributed by atoms with Crippen LogP contribution in [0.2, 0.25) is 0 Å². The maximum Gasteiger partial charge on any atom is 0.262 e. The molecule has 0 spiro atoms. The number of aromatic hydroxyl groups is 1. The lowest BCUT2D eigenvalue weighted by atomic mass is 10.1. The van der Waals surface area contributed by atoms with Crippen LogP contribution in [0.25, 0.3) is 11.1 Å². The van der Waals surface area contributed by atoms with Gasteiger partial charge in [-0.3, -0.25) is 4.79 Å². The first kappa shape index (κ1) is 14.3. The molecule has 7 heteroatoms. The highest BCUT2D eigenvalue weighted by molar-refractivity contribution is 7.90. The summed E-state index contributed by atoms with van der Waals surface area (Å²) >= 11 is 0. The highest BCUT2D eigenvalue weighted by Crippen LogP contribution is 2.25. The SMILES string of the molecule is CC(c1nc(O)c(-c2ccccc2)c(=O)[nH]1)S(C)(=O)=O. The number of aromatic amines is 1. The molecule has 1 atom stereocenters. The lowest BCUT2D eigenvalue weighted by Gasteiger charge is -2.10. The number of sulfone groups is 1. The minimum Gasteiger partial charge on any atom is -0.493 e. The number of hydrogen-bond acceptors (Lipinski definition) is 5. The van der Waals surface area contributed by atoms with Gasteiger partial charge in [-0.2, -0.15) is 4.98 Å². The van der Waals surface area contributed by atoms with Crippen molar-refractivity contribution in [2.45, 2.75) is 12.2 Å². The normalized spacial score (nSPS) is 13.1. The van der Waals surface area contributed by atoms with Crippen molar-refractivity contribution in [2.24, 2.45) is 0 Å². The molecule has 2 aromatic rings. The van der Waals surface area contributed by atoms with Crippen LogP contribution in [0, 0.1) is 0 Å². The molecule has 0 saturated heterocycles. The molecule has 0 radical (unpaired) electrons. The van der Waals surface area contributed by atoms with E-state index in [0.29, 0.717) is 5.56 Å². The summed E-state index contributed by atoms with van der Waals surface area (Å²) in [7, 11) is -3.41. The van der Waals surface area contributed by atoms with Crippen molar-refractivity contribution in [3.63, 3.8) is 0 Å². The molecule has 0 aliphatic heterocycles. The van der Waals surface area contributed by atoms with E-state index in [-0.39, 0.29) is 11.4 Å². The van der Waals surface area contributed by atoms with E-state index >= 15 is 0 Å². The van der Waals surface area contributed by atoms with Crippen molar-refractivity contribution < 1.29 is 13.5 Å². The van der Waals surface area contributed by atoms with Crippen molar-refractivity contribution in [1.29, 1.82) is 0 Å². The summed E-state index contributed by atoms with van der Waals surface area (Å²) in [6, 6.07) is 8.54. The highest BCUT2D eigenvalue weighted by atomic mass is 32.2. The van der Waals surface area contributed by atoms with Gasteiger partial charge in [0, 0.05) is 6.26 Å². The number of hydrogen-bond donors (Lipinski definition) is 2. The van der Waals surface area contributed by atoms with Crippen molar-refractivity contribution in [3.05, 3.63) is 46.5 Å². The zero-order valence-electron chi connectivity index (χ0n) is 11.0. The highest BCUT2D eigenvalue weighted by Gasteiger charge is 2.22. The van der Waals surface area contributed by atoms with Gasteiger partial charge in [0.05, 0.1) is 0 Å². The fourth-order valence-corrected chi connectivity index (χ4v) is 2.26. The number of benzene rings is 1. The van der Waals surface area contributed by atoms with Gasteiger partial charge in [0.15, 0.2) is 9.84 Å². The molecule has 20 heavy (non-hydrogen) atoms. The second kappa shape index (κ2) is 5.09. The standard InChI is InChI=1S/C13H14N2O4S/c1-8(20(2,18)19)11-14-12(16)10(13(17)15-11)9-6-4-3-5-7-9/h3-8H,1-2H3,(H2,14,15,16,17). The molecule has 6 nitrogen and oxygen atoms in total. The Hall–Kier alpha value is -2.15. The molecular formula is C13H14N2O4S. The van der Waals surface area contributed by atoms with Gasteiger partial charge < -0.3 is 10.1 Å². The van der Waals surface area contributed by atoms with E-state index < -0.39 is 26.5 Å². The van der Waals surface area contributed by atoms with E-state index in [2.05, 4.69) is 9.97 Å². The lowest BCUT2D eigenvalue weighted by Crippen LogP contribution is -2.19. The summed E-state index contributed by atoms with van der Waals surface area (Å²) in [6.45, 7) is 1.40. The van der Waals surface area contributed by atoms with Gasteiger partial charge in [-0.15, -0.1) is 0 Å². The van der Waals surface area contributed by atoms with Crippen LogP contribution in [0.4, 0.5) is 0 Å². The molecule has 1 unspecified atom stereocenters. The third kappa shape index (κ3) is 2.72. The second-order valence-electron chi connectivity index (χ2n) is 4.49. The molecule has 106 valence electrons. The Morgan fingerprint density at radius 1 is 1.25 bits per heavy atom. The second-order valence-corrected chi connectivity index (χ2v) is 6.85. The fourth-order valence-electron chi connectivity index (χ4n) is 1.74. The van der Waals surface area contributed by atoms with E-state index in [4.69, 9.17) is 0 Å². The predicted molar refractivity (Wildman–Crippen MR) is 75.2 cm³/mol. The van der Waals surface area contributed by atoms with Gasteiger partial charge in [0.1, 0.15) is 16.6 Å². The third-order valence-corrected chi connectivity index (χ3v) is 4.52. The summed E-state index contributed by atoms with van der Waals surface area (Å²) in [5.74, 6) is -0.555. The van der Waals surface area contributed by atoms with Gasteiger partial charge in [-0.25, -0.2) is 8.42 Å². The Morgan fingerprint density at radius 3 is 2.35 bits per heavy atom. The minimum atomic E-state index is -3.41. The molecular weight excluding hydrogens is 280 g/mol. The summed E-state index contributed by atoms with van der Waals surface area (Å²) in [5.41, 5.74) is -0.0402. The topological polar surface area (TPSA) is 100 Å².